The van der Waals surface area contributed by atoms with Crippen LogP contribution in [-0.2, 0) is 0 Å². The Hall–Kier alpha value is -1.22. The Labute approximate surface area is 139 Å². The van der Waals surface area contributed by atoms with E-state index in [-0.39, 0.29) is 5.92 Å². The zero-order valence-corrected chi connectivity index (χ0v) is 14.6. The maximum absolute atomic E-state index is 14.2. The number of halogens is 3. The Kier molecular flexibility index (Phi) is 6.13. The molecule has 0 saturated heterocycles. The summed E-state index contributed by atoms with van der Waals surface area (Å²) < 4.78 is 27.4. The van der Waals surface area contributed by atoms with Crippen molar-refractivity contribution >= 4 is 15.9 Å². The van der Waals surface area contributed by atoms with Crippen molar-refractivity contribution < 1.29 is 8.78 Å². The molecular weight excluding hydrogens is 346 g/mol. The van der Waals surface area contributed by atoms with Gasteiger partial charge in [0.15, 0.2) is 0 Å². The highest BCUT2D eigenvalue weighted by Crippen LogP contribution is 2.33. The molecular formula is C19H21BrF2. The molecule has 0 aliphatic heterocycles. The molecule has 0 bridgehead atoms. The van der Waals surface area contributed by atoms with Crippen molar-refractivity contribution in [3.63, 3.8) is 0 Å². The van der Waals surface area contributed by atoms with Crippen molar-refractivity contribution in [1.29, 1.82) is 0 Å². The highest BCUT2D eigenvalue weighted by Gasteiger charge is 2.18. The van der Waals surface area contributed by atoms with Gasteiger partial charge in [0.1, 0.15) is 11.6 Å². The van der Waals surface area contributed by atoms with Crippen LogP contribution in [0.25, 0.3) is 0 Å². The first-order chi connectivity index (χ1) is 10.5. The fourth-order valence-corrected chi connectivity index (χ4v) is 3.11. The molecule has 22 heavy (non-hydrogen) atoms. The third-order valence-electron chi connectivity index (χ3n) is 4.15. The zero-order valence-electron chi connectivity index (χ0n) is 13.0. The Balaban J connectivity index is 2.38. The van der Waals surface area contributed by atoms with Gasteiger partial charge in [0.25, 0.3) is 0 Å². The Morgan fingerprint density at radius 2 is 1.73 bits per heavy atom. The maximum atomic E-state index is 14.2. The minimum Gasteiger partial charge on any atom is -0.207 e. The number of unbranched alkanes of at least 4 members (excludes halogenated alkanes) is 1. The lowest BCUT2D eigenvalue weighted by molar-refractivity contribution is 0.551. The van der Waals surface area contributed by atoms with Gasteiger partial charge >= 0.3 is 0 Å². The molecule has 0 saturated carbocycles. The Bertz CT molecular complexity index is 637. The number of aryl methyl sites for hydroxylation is 2. The lowest BCUT2D eigenvalue weighted by atomic mass is 9.85. The minimum atomic E-state index is -0.527. The predicted octanol–water partition coefficient (Wildman–Crippen LogP) is 6.28. The third-order valence-corrected chi connectivity index (χ3v) is 4.71. The molecule has 0 heterocycles. The summed E-state index contributed by atoms with van der Waals surface area (Å²) >= 11 is 3.43. The van der Waals surface area contributed by atoms with Gasteiger partial charge in [-0.25, -0.2) is 8.78 Å². The topological polar surface area (TPSA) is 0 Å². The molecule has 1 atom stereocenters. The van der Waals surface area contributed by atoms with Crippen LogP contribution in [0.4, 0.5) is 8.78 Å². The lowest BCUT2D eigenvalue weighted by Crippen LogP contribution is -2.05. The van der Waals surface area contributed by atoms with Crippen molar-refractivity contribution in [3.8, 4) is 0 Å². The fraction of sp³-hybridized carbons (Fsp3) is 0.368. The molecule has 2 aromatic rings. The van der Waals surface area contributed by atoms with E-state index < -0.39 is 11.6 Å². The Morgan fingerprint density at radius 3 is 2.36 bits per heavy atom. The first kappa shape index (κ1) is 17.1. The summed E-state index contributed by atoms with van der Waals surface area (Å²) in [6.45, 7) is 4.13. The van der Waals surface area contributed by atoms with Crippen LogP contribution in [0.15, 0.2) is 36.4 Å². The minimum absolute atomic E-state index is 0.0288. The average Bonchev–Trinajstić information content (AvgIpc) is 2.48. The van der Waals surface area contributed by atoms with E-state index in [0.717, 1.165) is 36.2 Å². The van der Waals surface area contributed by atoms with Crippen molar-refractivity contribution in [2.24, 2.45) is 0 Å². The summed E-state index contributed by atoms with van der Waals surface area (Å²) in [5.74, 6) is -1.01. The van der Waals surface area contributed by atoms with Gasteiger partial charge in [-0.3, -0.25) is 0 Å². The van der Waals surface area contributed by atoms with Crippen LogP contribution >= 0.6 is 15.9 Å². The molecule has 2 aromatic carbocycles. The third kappa shape index (κ3) is 4.16. The summed E-state index contributed by atoms with van der Waals surface area (Å²) in [5.41, 5.74) is 4.11. The van der Waals surface area contributed by atoms with E-state index >= 15 is 0 Å². The van der Waals surface area contributed by atoms with Crippen LogP contribution in [0.3, 0.4) is 0 Å². The molecule has 0 amide bonds. The van der Waals surface area contributed by atoms with E-state index in [1.165, 1.54) is 17.2 Å². The summed E-state index contributed by atoms with van der Waals surface area (Å²) in [6, 6.07) is 10.2. The molecule has 3 heteroatoms. The first-order valence-electron chi connectivity index (χ1n) is 7.61. The van der Waals surface area contributed by atoms with Crippen LogP contribution in [0, 0.1) is 25.5 Å². The van der Waals surface area contributed by atoms with Gasteiger partial charge in [-0.05, 0) is 55.0 Å². The van der Waals surface area contributed by atoms with Crippen LogP contribution in [-0.4, -0.2) is 5.33 Å². The molecule has 0 fully saturated rings. The molecule has 0 aromatic heterocycles. The number of hydrogen-bond donors (Lipinski definition) is 0. The molecule has 0 radical (unpaired) electrons. The van der Waals surface area contributed by atoms with Crippen molar-refractivity contribution in [2.45, 2.75) is 39.0 Å². The number of rotatable bonds is 6. The SMILES string of the molecule is Cc1ccc([C@@H](CCCCBr)c2ccc(F)cc2F)cc1C. The Morgan fingerprint density at radius 1 is 0.955 bits per heavy atom. The zero-order chi connectivity index (χ0) is 16.1. The monoisotopic (exact) mass is 366 g/mol. The summed E-state index contributed by atoms with van der Waals surface area (Å²) in [4.78, 5) is 0. The van der Waals surface area contributed by atoms with Gasteiger partial charge in [-0.1, -0.05) is 46.6 Å². The first-order valence-corrected chi connectivity index (χ1v) is 8.73. The van der Waals surface area contributed by atoms with Gasteiger partial charge in [-0.2, -0.15) is 0 Å². The summed E-state index contributed by atoms with van der Waals surface area (Å²) in [5, 5.41) is 0.943. The van der Waals surface area contributed by atoms with E-state index in [2.05, 4.69) is 48.0 Å². The fourth-order valence-electron chi connectivity index (χ4n) is 2.71. The number of alkyl halides is 1. The van der Waals surface area contributed by atoms with Crippen LogP contribution in [0.5, 0.6) is 0 Å². The van der Waals surface area contributed by atoms with E-state index in [4.69, 9.17) is 0 Å². The lowest BCUT2D eigenvalue weighted by Gasteiger charge is -2.20. The molecule has 2 rings (SSSR count). The highest BCUT2D eigenvalue weighted by atomic mass is 79.9. The molecule has 0 aliphatic carbocycles. The van der Waals surface area contributed by atoms with Crippen molar-refractivity contribution in [3.05, 3.63) is 70.3 Å². The summed E-state index contributed by atoms with van der Waals surface area (Å²) in [7, 11) is 0. The molecule has 0 spiro atoms. The van der Waals surface area contributed by atoms with Crippen LogP contribution in [0.2, 0.25) is 0 Å². The van der Waals surface area contributed by atoms with E-state index in [1.807, 2.05) is 0 Å². The number of benzene rings is 2. The van der Waals surface area contributed by atoms with Gasteiger partial charge < -0.3 is 0 Å². The normalized spacial score (nSPS) is 12.4. The smallest absolute Gasteiger partial charge is 0.129 e. The van der Waals surface area contributed by atoms with E-state index in [9.17, 15) is 8.78 Å². The van der Waals surface area contributed by atoms with Gasteiger partial charge in [0.2, 0.25) is 0 Å². The standard InChI is InChI=1S/C19H21BrF2/c1-13-6-7-15(11-14(13)2)17(5-3-4-10-20)18-9-8-16(21)12-19(18)22/h6-9,11-12,17H,3-5,10H2,1-2H3/t17-/m1/s1. The highest BCUT2D eigenvalue weighted by molar-refractivity contribution is 9.09. The van der Waals surface area contributed by atoms with Crippen LogP contribution < -0.4 is 0 Å². The van der Waals surface area contributed by atoms with E-state index in [1.54, 1.807) is 6.07 Å². The molecule has 0 aliphatic rings. The molecule has 0 unspecified atom stereocenters. The second-order valence-corrected chi connectivity index (χ2v) is 6.54. The maximum Gasteiger partial charge on any atom is 0.129 e. The molecule has 0 nitrogen and oxygen atoms in total. The van der Waals surface area contributed by atoms with Crippen LogP contribution in [0.1, 0.15) is 47.4 Å². The van der Waals surface area contributed by atoms with Crippen molar-refractivity contribution in [1.82, 2.24) is 0 Å². The van der Waals surface area contributed by atoms with Gasteiger partial charge in [-0.15, -0.1) is 0 Å². The quantitative estimate of drug-likeness (QED) is 0.416. The second kappa shape index (κ2) is 7.87. The predicted molar refractivity (Wildman–Crippen MR) is 91.8 cm³/mol. The molecule has 118 valence electrons. The summed E-state index contributed by atoms with van der Waals surface area (Å²) in [6.07, 6.45) is 2.90. The average molecular weight is 367 g/mol. The van der Waals surface area contributed by atoms with E-state index in [0.29, 0.717) is 5.56 Å². The second-order valence-electron chi connectivity index (χ2n) is 5.75. The van der Waals surface area contributed by atoms with Gasteiger partial charge in [0.05, 0.1) is 0 Å². The van der Waals surface area contributed by atoms with Gasteiger partial charge in [0, 0.05) is 17.3 Å². The van der Waals surface area contributed by atoms with Crippen molar-refractivity contribution in [2.75, 3.05) is 5.33 Å². The molecule has 0 N–H and O–H groups in total. The largest absolute Gasteiger partial charge is 0.207 e. The number of hydrogen-bond acceptors (Lipinski definition) is 0.